The number of allylic oxidation sites excluding steroid dienone is 1. The first-order valence-electron chi connectivity index (χ1n) is 4.28. The van der Waals surface area contributed by atoms with Crippen LogP contribution < -0.4 is 0 Å². The number of hydrogen-bond donors (Lipinski definition) is 0. The zero-order chi connectivity index (χ0) is 9.78. The van der Waals surface area contributed by atoms with E-state index in [1.165, 1.54) is 0 Å². The van der Waals surface area contributed by atoms with Crippen LogP contribution in [0.3, 0.4) is 0 Å². The van der Waals surface area contributed by atoms with Gasteiger partial charge in [0.1, 0.15) is 12.0 Å². The first-order valence-corrected chi connectivity index (χ1v) is 7.06. The normalized spacial score (nSPS) is 13.4. The highest BCUT2D eigenvalue weighted by atomic mass is 28.3. The fraction of sp³-hybridized carbons (Fsp3) is 0.778. The summed E-state index contributed by atoms with van der Waals surface area (Å²) in [6.07, 6.45) is 1.76. The number of methoxy groups -OCH3 is 1. The molecular formula is C9H20O2Si. The molecule has 3 heteroatoms. The third kappa shape index (κ3) is 4.44. The summed E-state index contributed by atoms with van der Waals surface area (Å²) in [6.45, 7) is 10.6. The summed E-state index contributed by atoms with van der Waals surface area (Å²) in [5, 5.41) is 0. The highest BCUT2D eigenvalue weighted by Crippen LogP contribution is 2.25. The minimum absolute atomic E-state index is 0.0397. The summed E-state index contributed by atoms with van der Waals surface area (Å²) in [4.78, 5) is 0. The molecule has 0 aliphatic heterocycles. The van der Waals surface area contributed by atoms with E-state index in [4.69, 9.17) is 9.16 Å². The molecule has 0 amide bonds. The van der Waals surface area contributed by atoms with Gasteiger partial charge in [-0.1, -0.05) is 20.8 Å². The molecule has 0 aromatic rings. The Morgan fingerprint density at radius 3 is 2.00 bits per heavy atom. The van der Waals surface area contributed by atoms with E-state index in [0.717, 1.165) is 5.76 Å². The smallest absolute Gasteiger partial charge is 0.228 e. The first kappa shape index (κ1) is 11.6. The van der Waals surface area contributed by atoms with Gasteiger partial charge in [-0.25, -0.2) is 0 Å². The highest BCUT2D eigenvalue weighted by molar-refractivity contribution is 6.48. The lowest BCUT2D eigenvalue weighted by molar-refractivity contribution is 0.193. The number of rotatable bonds is 3. The second kappa shape index (κ2) is 4.55. The van der Waals surface area contributed by atoms with Crippen molar-refractivity contribution in [1.29, 1.82) is 0 Å². The van der Waals surface area contributed by atoms with Crippen LogP contribution in [0, 0.1) is 5.41 Å². The fourth-order valence-corrected chi connectivity index (χ4v) is 1.12. The van der Waals surface area contributed by atoms with Gasteiger partial charge in [-0.05, 0) is 13.1 Å². The monoisotopic (exact) mass is 188 g/mol. The maximum Gasteiger partial charge on any atom is 0.228 e. The SMILES string of the molecule is COC(=CO[SiH](C)C)C(C)(C)C. The molecule has 2 nitrogen and oxygen atoms in total. The Bertz CT molecular complexity index is 156. The largest absolute Gasteiger partial charge is 0.550 e. The summed E-state index contributed by atoms with van der Waals surface area (Å²) < 4.78 is 10.7. The minimum atomic E-state index is -0.969. The predicted molar refractivity (Wildman–Crippen MR) is 54.5 cm³/mol. The molecule has 0 aromatic carbocycles. The van der Waals surface area contributed by atoms with E-state index in [0.29, 0.717) is 0 Å². The molecule has 0 aliphatic carbocycles. The summed E-state index contributed by atoms with van der Waals surface area (Å²) in [5.41, 5.74) is 0.0397. The molecule has 0 saturated heterocycles. The Labute approximate surface area is 77.3 Å². The van der Waals surface area contributed by atoms with Crippen molar-refractivity contribution in [1.82, 2.24) is 0 Å². The van der Waals surface area contributed by atoms with Crippen molar-refractivity contribution in [3.05, 3.63) is 12.0 Å². The molecule has 0 atom stereocenters. The van der Waals surface area contributed by atoms with E-state index >= 15 is 0 Å². The molecule has 0 radical (unpaired) electrons. The summed E-state index contributed by atoms with van der Waals surface area (Å²) in [6, 6.07) is 0. The van der Waals surface area contributed by atoms with Crippen molar-refractivity contribution in [2.24, 2.45) is 5.41 Å². The second-order valence-electron chi connectivity index (χ2n) is 4.12. The molecule has 0 fully saturated rings. The molecule has 0 bridgehead atoms. The van der Waals surface area contributed by atoms with E-state index in [9.17, 15) is 0 Å². The zero-order valence-electron chi connectivity index (χ0n) is 8.97. The van der Waals surface area contributed by atoms with Crippen molar-refractivity contribution >= 4 is 9.04 Å². The third-order valence-corrected chi connectivity index (χ3v) is 2.09. The first-order chi connectivity index (χ1) is 5.38. The van der Waals surface area contributed by atoms with Crippen LogP contribution in [0.25, 0.3) is 0 Å². The average Bonchev–Trinajstić information content (AvgIpc) is 1.85. The molecule has 72 valence electrons. The Morgan fingerprint density at radius 2 is 1.75 bits per heavy atom. The van der Waals surface area contributed by atoms with Crippen molar-refractivity contribution in [2.75, 3.05) is 7.11 Å². The Kier molecular flexibility index (Phi) is 4.38. The summed E-state index contributed by atoms with van der Waals surface area (Å²) in [5.74, 6) is 0.906. The standard InChI is InChI=1S/C9H20O2Si/c1-9(2,3)8(10-4)7-11-12(5)6/h7,12H,1-6H3. The summed E-state index contributed by atoms with van der Waals surface area (Å²) >= 11 is 0. The van der Waals surface area contributed by atoms with Crippen LogP contribution >= 0.6 is 0 Å². The van der Waals surface area contributed by atoms with Gasteiger partial charge in [0, 0.05) is 5.41 Å². The van der Waals surface area contributed by atoms with Gasteiger partial charge in [-0.2, -0.15) is 0 Å². The van der Waals surface area contributed by atoms with Gasteiger partial charge in [0.2, 0.25) is 9.04 Å². The van der Waals surface area contributed by atoms with Crippen molar-refractivity contribution in [3.63, 3.8) is 0 Å². The third-order valence-electron chi connectivity index (χ3n) is 1.41. The van der Waals surface area contributed by atoms with Crippen LogP contribution in [-0.2, 0) is 9.16 Å². The predicted octanol–water partition coefficient (Wildman–Crippen LogP) is 2.52. The second-order valence-corrected chi connectivity index (χ2v) is 6.49. The Morgan fingerprint density at radius 1 is 1.25 bits per heavy atom. The highest BCUT2D eigenvalue weighted by Gasteiger charge is 2.18. The molecule has 0 spiro atoms. The fourth-order valence-electron chi connectivity index (χ4n) is 0.729. The van der Waals surface area contributed by atoms with Gasteiger partial charge < -0.3 is 9.16 Å². The average molecular weight is 188 g/mol. The zero-order valence-corrected chi connectivity index (χ0v) is 10.1. The number of hydrogen-bond acceptors (Lipinski definition) is 2. The van der Waals surface area contributed by atoms with Crippen LogP contribution in [0.5, 0.6) is 0 Å². The Hall–Kier alpha value is -0.443. The topological polar surface area (TPSA) is 18.5 Å². The van der Waals surface area contributed by atoms with E-state index in [1.807, 2.05) is 0 Å². The van der Waals surface area contributed by atoms with Crippen LogP contribution in [0.15, 0.2) is 12.0 Å². The van der Waals surface area contributed by atoms with E-state index in [1.54, 1.807) is 13.4 Å². The molecule has 0 aliphatic rings. The van der Waals surface area contributed by atoms with Crippen LogP contribution in [0.1, 0.15) is 20.8 Å². The van der Waals surface area contributed by atoms with E-state index in [2.05, 4.69) is 33.9 Å². The van der Waals surface area contributed by atoms with Crippen LogP contribution in [-0.4, -0.2) is 16.2 Å². The molecule has 0 heterocycles. The van der Waals surface area contributed by atoms with E-state index in [-0.39, 0.29) is 5.41 Å². The van der Waals surface area contributed by atoms with Crippen LogP contribution in [0.4, 0.5) is 0 Å². The molecule has 0 N–H and O–H groups in total. The van der Waals surface area contributed by atoms with Crippen molar-refractivity contribution < 1.29 is 9.16 Å². The number of ether oxygens (including phenoxy) is 1. The maximum atomic E-state index is 5.47. The Balaban J connectivity index is 4.24. The van der Waals surface area contributed by atoms with Gasteiger partial charge in [-0.3, -0.25) is 0 Å². The lowest BCUT2D eigenvalue weighted by Crippen LogP contribution is -2.13. The van der Waals surface area contributed by atoms with Gasteiger partial charge in [0.05, 0.1) is 7.11 Å². The van der Waals surface area contributed by atoms with Gasteiger partial charge in [0.25, 0.3) is 0 Å². The summed E-state index contributed by atoms with van der Waals surface area (Å²) in [7, 11) is 0.714. The lowest BCUT2D eigenvalue weighted by Gasteiger charge is -2.21. The molecular weight excluding hydrogens is 168 g/mol. The maximum absolute atomic E-state index is 5.47. The minimum Gasteiger partial charge on any atom is -0.550 e. The van der Waals surface area contributed by atoms with Crippen molar-refractivity contribution in [2.45, 2.75) is 33.9 Å². The molecule has 0 aromatic heterocycles. The van der Waals surface area contributed by atoms with Gasteiger partial charge in [0.15, 0.2) is 0 Å². The van der Waals surface area contributed by atoms with Gasteiger partial charge in [-0.15, -0.1) is 0 Å². The lowest BCUT2D eigenvalue weighted by atomic mass is 9.95. The van der Waals surface area contributed by atoms with Crippen molar-refractivity contribution in [3.8, 4) is 0 Å². The quantitative estimate of drug-likeness (QED) is 0.500. The van der Waals surface area contributed by atoms with E-state index < -0.39 is 9.04 Å². The molecule has 0 unspecified atom stereocenters. The van der Waals surface area contributed by atoms with Crippen LogP contribution in [0.2, 0.25) is 13.1 Å². The molecule has 0 rings (SSSR count). The van der Waals surface area contributed by atoms with Gasteiger partial charge >= 0.3 is 0 Å². The molecule has 0 saturated carbocycles. The molecule has 12 heavy (non-hydrogen) atoms.